The van der Waals surface area contributed by atoms with Gasteiger partial charge in [0.05, 0.1) is 0 Å². The summed E-state index contributed by atoms with van der Waals surface area (Å²) >= 11 is 0. The molecule has 1 aromatic heterocycles. The number of benzene rings is 1. The predicted octanol–water partition coefficient (Wildman–Crippen LogP) is 2.99. The minimum Gasteiger partial charge on any atom is -0.388 e. The van der Waals surface area contributed by atoms with Crippen LogP contribution in [0.15, 0.2) is 36.7 Å². The quantitative estimate of drug-likeness (QED) is 0.886. The summed E-state index contributed by atoms with van der Waals surface area (Å²) in [6.07, 6.45) is 3.39. The van der Waals surface area contributed by atoms with E-state index >= 15 is 0 Å². The SMILES string of the molecule is CNc1ccc(C(=O)Nc2ccncc2C)c(C)c1. The molecule has 1 heterocycles. The summed E-state index contributed by atoms with van der Waals surface area (Å²) in [5.74, 6) is -0.102. The molecule has 0 radical (unpaired) electrons. The maximum Gasteiger partial charge on any atom is 0.255 e. The van der Waals surface area contributed by atoms with E-state index in [9.17, 15) is 4.79 Å². The molecule has 0 atom stereocenters. The molecule has 98 valence electrons. The van der Waals surface area contributed by atoms with E-state index in [1.807, 2.05) is 39.1 Å². The van der Waals surface area contributed by atoms with Crippen LogP contribution in [-0.2, 0) is 0 Å². The first-order valence-electron chi connectivity index (χ1n) is 6.12. The van der Waals surface area contributed by atoms with E-state index in [4.69, 9.17) is 0 Å². The number of rotatable bonds is 3. The van der Waals surface area contributed by atoms with Crippen LogP contribution in [0.25, 0.3) is 0 Å². The van der Waals surface area contributed by atoms with Gasteiger partial charge in [-0.2, -0.15) is 0 Å². The van der Waals surface area contributed by atoms with Crippen LogP contribution in [0.1, 0.15) is 21.5 Å². The molecule has 4 heteroatoms. The molecule has 2 rings (SSSR count). The van der Waals surface area contributed by atoms with Gasteiger partial charge in [-0.05, 0) is 49.2 Å². The van der Waals surface area contributed by atoms with E-state index < -0.39 is 0 Å². The first-order chi connectivity index (χ1) is 9.11. The van der Waals surface area contributed by atoms with E-state index in [-0.39, 0.29) is 5.91 Å². The highest BCUT2D eigenvalue weighted by molar-refractivity contribution is 6.05. The van der Waals surface area contributed by atoms with Gasteiger partial charge in [0, 0.05) is 36.4 Å². The Balaban J connectivity index is 2.23. The normalized spacial score (nSPS) is 10.1. The number of pyridine rings is 1. The van der Waals surface area contributed by atoms with Crippen molar-refractivity contribution in [3.05, 3.63) is 53.3 Å². The molecule has 0 spiro atoms. The Morgan fingerprint density at radius 1 is 1.16 bits per heavy atom. The fourth-order valence-corrected chi connectivity index (χ4v) is 1.88. The third kappa shape index (κ3) is 2.91. The fourth-order valence-electron chi connectivity index (χ4n) is 1.88. The van der Waals surface area contributed by atoms with E-state index in [0.29, 0.717) is 5.56 Å². The number of nitrogens with one attached hydrogen (secondary N) is 2. The van der Waals surface area contributed by atoms with E-state index in [0.717, 1.165) is 22.5 Å². The fraction of sp³-hybridized carbons (Fsp3) is 0.200. The molecule has 0 aliphatic carbocycles. The van der Waals surface area contributed by atoms with Crippen LogP contribution < -0.4 is 10.6 Å². The van der Waals surface area contributed by atoms with Crippen molar-refractivity contribution in [2.24, 2.45) is 0 Å². The average Bonchev–Trinajstić information content (AvgIpc) is 2.41. The van der Waals surface area contributed by atoms with Crippen molar-refractivity contribution in [1.82, 2.24) is 4.98 Å². The summed E-state index contributed by atoms with van der Waals surface area (Å²) in [5.41, 5.74) is 4.35. The number of carbonyl (C=O) groups excluding carboxylic acids is 1. The zero-order chi connectivity index (χ0) is 13.8. The van der Waals surface area contributed by atoms with Crippen molar-refractivity contribution in [2.45, 2.75) is 13.8 Å². The zero-order valence-electron chi connectivity index (χ0n) is 11.3. The Labute approximate surface area is 112 Å². The molecule has 0 saturated heterocycles. The van der Waals surface area contributed by atoms with Gasteiger partial charge in [-0.1, -0.05) is 0 Å². The molecule has 0 saturated carbocycles. The number of hydrogen-bond donors (Lipinski definition) is 2. The number of aromatic nitrogens is 1. The van der Waals surface area contributed by atoms with Gasteiger partial charge in [-0.15, -0.1) is 0 Å². The summed E-state index contributed by atoms with van der Waals surface area (Å²) < 4.78 is 0. The van der Waals surface area contributed by atoms with Crippen molar-refractivity contribution in [3.63, 3.8) is 0 Å². The average molecular weight is 255 g/mol. The lowest BCUT2D eigenvalue weighted by atomic mass is 10.1. The van der Waals surface area contributed by atoms with Crippen LogP contribution in [0.5, 0.6) is 0 Å². The second-order valence-electron chi connectivity index (χ2n) is 4.42. The highest BCUT2D eigenvalue weighted by atomic mass is 16.1. The second-order valence-corrected chi connectivity index (χ2v) is 4.42. The number of aryl methyl sites for hydroxylation is 2. The molecule has 1 aromatic carbocycles. The largest absolute Gasteiger partial charge is 0.388 e. The Morgan fingerprint density at radius 3 is 2.58 bits per heavy atom. The van der Waals surface area contributed by atoms with Crippen molar-refractivity contribution >= 4 is 17.3 Å². The first-order valence-corrected chi connectivity index (χ1v) is 6.12. The van der Waals surface area contributed by atoms with Crippen LogP contribution in [0.2, 0.25) is 0 Å². The second kappa shape index (κ2) is 5.52. The molecule has 0 aliphatic rings. The maximum absolute atomic E-state index is 12.2. The number of amides is 1. The molecule has 0 fully saturated rings. The smallest absolute Gasteiger partial charge is 0.255 e. The summed E-state index contributed by atoms with van der Waals surface area (Å²) in [7, 11) is 1.86. The van der Waals surface area contributed by atoms with Gasteiger partial charge in [0.1, 0.15) is 0 Å². The highest BCUT2D eigenvalue weighted by Gasteiger charge is 2.10. The van der Waals surface area contributed by atoms with Gasteiger partial charge in [-0.25, -0.2) is 0 Å². The van der Waals surface area contributed by atoms with Gasteiger partial charge in [-0.3, -0.25) is 9.78 Å². The third-order valence-electron chi connectivity index (χ3n) is 3.03. The summed E-state index contributed by atoms with van der Waals surface area (Å²) in [5, 5.41) is 5.96. The monoisotopic (exact) mass is 255 g/mol. The minimum atomic E-state index is -0.102. The molecule has 0 unspecified atom stereocenters. The molecule has 0 aliphatic heterocycles. The predicted molar refractivity (Wildman–Crippen MR) is 77.7 cm³/mol. The number of hydrogen-bond acceptors (Lipinski definition) is 3. The van der Waals surface area contributed by atoms with Crippen LogP contribution in [0, 0.1) is 13.8 Å². The van der Waals surface area contributed by atoms with Gasteiger partial charge < -0.3 is 10.6 Å². The van der Waals surface area contributed by atoms with E-state index in [1.54, 1.807) is 18.5 Å². The number of carbonyl (C=O) groups is 1. The van der Waals surface area contributed by atoms with Crippen molar-refractivity contribution in [3.8, 4) is 0 Å². The first kappa shape index (κ1) is 13.1. The third-order valence-corrected chi connectivity index (χ3v) is 3.03. The summed E-state index contributed by atoms with van der Waals surface area (Å²) in [6, 6.07) is 7.47. The van der Waals surface area contributed by atoms with Crippen molar-refractivity contribution in [2.75, 3.05) is 17.7 Å². The summed E-state index contributed by atoms with van der Waals surface area (Å²) in [4.78, 5) is 16.2. The standard InChI is InChI=1S/C15H17N3O/c1-10-8-12(16-3)4-5-13(10)15(19)18-14-6-7-17-9-11(14)2/h4-9,16H,1-3H3,(H,17,18,19). The van der Waals surface area contributed by atoms with E-state index in [2.05, 4.69) is 15.6 Å². The highest BCUT2D eigenvalue weighted by Crippen LogP contribution is 2.18. The molecular formula is C15H17N3O. The summed E-state index contributed by atoms with van der Waals surface area (Å²) in [6.45, 7) is 3.84. The maximum atomic E-state index is 12.2. The Kier molecular flexibility index (Phi) is 3.80. The molecule has 1 amide bonds. The van der Waals surface area contributed by atoms with Crippen LogP contribution in [0.4, 0.5) is 11.4 Å². The van der Waals surface area contributed by atoms with Crippen molar-refractivity contribution < 1.29 is 4.79 Å². The molecule has 2 N–H and O–H groups in total. The molecule has 4 nitrogen and oxygen atoms in total. The van der Waals surface area contributed by atoms with Gasteiger partial charge >= 0.3 is 0 Å². The van der Waals surface area contributed by atoms with Crippen LogP contribution in [0.3, 0.4) is 0 Å². The number of nitrogens with zero attached hydrogens (tertiary/aromatic N) is 1. The van der Waals surface area contributed by atoms with Gasteiger partial charge in [0.25, 0.3) is 5.91 Å². The molecule has 19 heavy (non-hydrogen) atoms. The van der Waals surface area contributed by atoms with Crippen LogP contribution >= 0.6 is 0 Å². The molecule has 2 aromatic rings. The van der Waals surface area contributed by atoms with Gasteiger partial charge in [0.15, 0.2) is 0 Å². The van der Waals surface area contributed by atoms with Crippen LogP contribution in [-0.4, -0.2) is 17.9 Å². The number of anilines is 2. The lowest BCUT2D eigenvalue weighted by molar-refractivity contribution is 0.102. The lowest BCUT2D eigenvalue weighted by Gasteiger charge is -2.10. The zero-order valence-corrected chi connectivity index (χ0v) is 11.3. The minimum absolute atomic E-state index is 0.102. The Morgan fingerprint density at radius 2 is 1.95 bits per heavy atom. The topological polar surface area (TPSA) is 54.0 Å². The lowest BCUT2D eigenvalue weighted by Crippen LogP contribution is -2.14. The Hall–Kier alpha value is -2.36. The Bertz CT molecular complexity index is 608. The molecule has 0 bridgehead atoms. The van der Waals surface area contributed by atoms with Crippen molar-refractivity contribution in [1.29, 1.82) is 0 Å². The van der Waals surface area contributed by atoms with E-state index in [1.165, 1.54) is 0 Å². The van der Waals surface area contributed by atoms with Gasteiger partial charge in [0.2, 0.25) is 0 Å². The molecular weight excluding hydrogens is 238 g/mol.